The summed E-state index contributed by atoms with van der Waals surface area (Å²) in [6.07, 6.45) is 4.73. The first-order chi connectivity index (χ1) is 11.5. The summed E-state index contributed by atoms with van der Waals surface area (Å²) in [6.45, 7) is 4.25. The van der Waals surface area contributed by atoms with Crippen LogP contribution in [0, 0.1) is 0 Å². The summed E-state index contributed by atoms with van der Waals surface area (Å²) in [7, 11) is -3.44. The molecule has 3 rings (SSSR count). The highest BCUT2D eigenvalue weighted by molar-refractivity contribution is 7.89. The molecule has 0 aliphatic carbocycles. The molecule has 2 amide bonds. The average molecular weight is 351 g/mol. The van der Waals surface area contributed by atoms with Gasteiger partial charge in [-0.15, -0.1) is 0 Å². The van der Waals surface area contributed by atoms with Gasteiger partial charge in [0.25, 0.3) is 0 Å². The second-order valence-electron chi connectivity index (χ2n) is 6.35. The lowest BCUT2D eigenvalue weighted by molar-refractivity contribution is 0.247. The quantitative estimate of drug-likeness (QED) is 0.909. The Hall–Kier alpha value is -1.60. The molecule has 6 nitrogen and oxygen atoms in total. The fourth-order valence-corrected chi connectivity index (χ4v) is 5.00. The van der Waals surface area contributed by atoms with Crippen LogP contribution >= 0.6 is 0 Å². The zero-order valence-electron chi connectivity index (χ0n) is 14.1. The van der Waals surface area contributed by atoms with E-state index in [1.54, 1.807) is 27.4 Å². The van der Waals surface area contributed by atoms with E-state index in [0.29, 0.717) is 37.5 Å². The van der Waals surface area contributed by atoms with Crippen LogP contribution in [0.1, 0.15) is 38.2 Å². The first-order valence-electron chi connectivity index (χ1n) is 8.72. The summed E-state index contributed by atoms with van der Waals surface area (Å²) in [5.41, 5.74) is 1.74. The molecule has 24 heavy (non-hydrogen) atoms. The van der Waals surface area contributed by atoms with Gasteiger partial charge in [-0.2, -0.15) is 4.31 Å². The number of amides is 2. The van der Waals surface area contributed by atoms with Gasteiger partial charge < -0.3 is 5.32 Å². The van der Waals surface area contributed by atoms with Crippen LogP contribution in [-0.4, -0.2) is 44.9 Å². The van der Waals surface area contributed by atoms with Gasteiger partial charge in [-0.05, 0) is 49.9 Å². The summed E-state index contributed by atoms with van der Waals surface area (Å²) in [5, 5.41) is 2.79. The Kier molecular flexibility index (Phi) is 5.10. The molecule has 0 bridgehead atoms. The third kappa shape index (κ3) is 3.28. The van der Waals surface area contributed by atoms with Crippen LogP contribution in [0.3, 0.4) is 0 Å². The zero-order valence-corrected chi connectivity index (χ0v) is 14.9. The largest absolute Gasteiger partial charge is 0.338 e. The van der Waals surface area contributed by atoms with Gasteiger partial charge in [-0.3, -0.25) is 4.90 Å². The number of carbonyl (C=O) groups is 1. The standard InChI is InChI=1S/C17H25N3O3S/c1-2-18-17(21)20-12-9-14-13-15(7-8-16(14)20)24(22,23)19-10-5-3-4-6-11-19/h7-8,13H,2-6,9-12H2,1H3,(H,18,21). The number of rotatable bonds is 3. The van der Waals surface area contributed by atoms with E-state index in [9.17, 15) is 13.2 Å². The minimum Gasteiger partial charge on any atom is -0.338 e. The molecule has 0 unspecified atom stereocenters. The second-order valence-corrected chi connectivity index (χ2v) is 8.28. The molecule has 2 aliphatic heterocycles. The van der Waals surface area contributed by atoms with Crippen molar-refractivity contribution in [3.8, 4) is 0 Å². The number of hydrogen-bond acceptors (Lipinski definition) is 3. The number of hydrogen-bond donors (Lipinski definition) is 1. The Balaban J connectivity index is 1.85. The minimum absolute atomic E-state index is 0.126. The van der Waals surface area contributed by atoms with Gasteiger partial charge in [0.1, 0.15) is 0 Å². The number of carbonyl (C=O) groups excluding carboxylic acids is 1. The maximum atomic E-state index is 12.9. The van der Waals surface area contributed by atoms with Gasteiger partial charge in [-0.25, -0.2) is 13.2 Å². The topological polar surface area (TPSA) is 69.7 Å². The first kappa shape index (κ1) is 17.2. The van der Waals surface area contributed by atoms with Gasteiger partial charge in [0.2, 0.25) is 10.0 Å². The van der Waals surface area contributed by atoms with Crippen LogP contribution in [0.4, 0.5) is 10.5 Å². The third-order valence-corrected chi connectivity index (χ3v) is 6.62. The van der Waals surface area contributed by atoms with Crippen molar-refractivity contribution in [2.45, 2.75) is 43.9 Å². The van der Waals surface area contributed by atoms with Crippen LogP contribution in [-0.2, 0) is 16.4 Å². The Morgan fingerprint density at radius 1 is 1.12 bits per heavy atom. The van der Waals surface area contributed by atoms with Crippen LogP contribution in [0.15, 0.2) is 23.1 Å². The number of nitrogens with zero attached hydrogens (tertiary/aromatic N) is 2. The summed E-state index contributed by atoms with van der Waals surface area (Å²) in [6, 6.07) is 5.02. The molecular formula is C17H25N3O3S. The van der Waals surface area contributed by atoms with E-state index in [1.807, 2.05) is 6.92 Å². The van der Waals surface area contributed by atoms with Crippen molar-refractivity contribution in [1.29, 1.82) is 0 Å². The maximum absolute atomic E-state index is 12.9. The first-order valence-corrected chi connectivity index (χ1v) is 10.2. The molecule has 0 radical (unpaired) electrons. The van der Waals surface area contributed by atoms with E-state index in [1.165, 1.54) is 0 Å². The monoisotopic (exact) mass is 351 g/mol. The van der Waals surface area contributed by atoms with E-state index in [4.69, 9.17) is 0 Å². The predicted octanol–water partition coefficient (Wildman–Crippen LogP) is 2.34. The molecule has 0 saturated carbocycles. The molecule has 7 heteroatoms. The highest BCUT2D eigenvalue weighted by Gasteiger charge is 2.29. The van der Waals surface area contributed by atoms with E-state index in [2.05, 4.69) is 5.32 Å². The second kappa shape index (κ2) is 7.11. The molecule has 0 atom stereocenters. The number of anilines is 1. The number of nitrogens with one attached hydrogen (secondary N) is 1. The highest BCUT2D eigenvalue weighted by atomic mass is 32.2. The highest BCUT2D eigenvalue weighted by Crippen LogP contribution is 2.31. The third-order valence-electron chi connectivity index (χ3n) is 4.72. The smallest absolute Gasteiger partial charge is 0.321 e. The Morgan fingerprint density at radius 2 is 1.83 bits per heavy atom. The van der Waals surface area contributed by atoms with E-state index < -0.39 is 10.0 Å². The van der Waals surface area contributed by atoms with Crippen molar-refractivity contribution in [3.05, 3.63) is 23.8 Å². The zero-order chi connectivity index (χ0) is 17.2. The summed E-state index contributed by atoms with van der Waals surface area (Å²) in [5.74, 6) is 0. The van der Waals surface area contributed by atoms with Crippen LogP contribution < -0.4 is 10.2 Å². The van der Waals surface area contributed by atoms with Crippen molar-refractivity contribution < 1.29 is 13.2 Å². The molecule has 1 fully saturated rings. The lowest BCUT2D eigenvalue weighted by atomic mass is 10.2. The lowest BCUT2D eigenvalue weighted by Gasteiger charge is -2.21. The number of benzene rings is 1. The van der Waals surface area contributed by atoms with Crippen molar-refractivity contribution in [1.82, 2.24) is 9.62 Å². The molecule has 0 spiro atoms. The van der Waals surface area contributed by atoms with E-state index in [-0.39, 0.29) is 6.03 Å². The van der Waals surface area contributed by atoms with Gasteiger partial charge in [0, 0.05) is 31.9 Å². The maximum Gasteiger partial charge on any atom is 0.321 e. The SMILES string of the molecule is CCNC(=O)N1CCc2cc(S(=O)(=O)N3CCCCCC3)ccc21. The van der Waals surface area contributed by atoms with E-state index >= 15 is 0 Å². The van der Waals surface area contributed by atoms with E-state index in [0.717, 1.165) is 36.9 Å². The molecule has 132 valence electrons. The van der Waals surface area contributed by atoms with Crippen molar-refractivity contribution in [2.24, 2.45) is 0 Å². The normalized spacial score (nSPS) is 19.0. The van der Waals surface area contributed by atoms with Crippen LogP contribution in [0.5, 0.6) is 0 Å². The van der Waals surface area contributed by atoms with Crippen molar-refractivity contribution >= 4 is 21.7 Å². The fraction of sp³-hybridized carbons (Fsp3) is 0.588. The Bertz CT molecular complexity index is 710. The minimum atomic E-state index is -3.44. The number of urea groups is 1. The summed E-state index contributed by atoms with van der Waals surface area (Å²) < 4.78 is 27.4. The molecule has 2 aliphatic rings. The van der Waals surface area contributed by atoms with Gasteiger partial charge in [-0.1, -0.05) is 12.8 Å². The molecule has 2 heterocycles. The average Bonchev–Trinajstić information content (AvgIpc) is 2.79. The molecular weight excluding hydrogens is 326 g/mol. The molecule has 1 N–H and O–H groups in total. The number of fused-ring (bicyclic) bond motifs is 1. The Labute approximate surface area is 143 Å². The van der Waals surface area contributed by atoms with Gasteiger partial charge in [0.15, 0.2) is 0 Å². The van der Waals surface area contributed by atoms with Crippen molar-refractivity contribution in [2.75, 3.05) is 31.1 Å². The van der Waals surface area contributed by atoms with Crippen molar-refractivity contribution in [3.63, 3.8) is 0 Å². The fourth-order valence-electron chi connectivity index (χ4n) is 3.43. The number of sulfonamides is 1. The lowest BCUT2D eigenvalue weighted by Crippen LogP contribution is -2.38. The molecule has 1 aromatic rings. The Morgan fingerprint density at radius 3 is 2.50 bits per heavy atom. The molecule has 0 aromatic heterocycles. The summed E-state index contributed by atoms with van der Waals surface area (Å²) in [4.78, 5) is 14.1. The molecule has 1 saturated heterocycles. The summed E-state index contributed by atoms with van der Waals surface area (Å²) >= 11 is 0. The predicted molar refractivity (Wildman–Crippen MR) is 93.8 cm³/mol. The van der Waals surface area contributed by atoms with Crippen LogP contribution in [0.25, 0.3) is 0 Å². The van der Waals surface area contributed by atoms with Gasteiger partial charge >= 0.3 is 6.03 Å². The van der Waals surface area contributed by atoms with Gasteiger partial charge in [0.05, 0.1) is 4.90 Å². The molecule has 1 aromatic carbocycles. The van der Waals surface area contributed by atoms with Crippen LogP contribution in [0.2, 0.25) is 0 Å².